The summed E-state index contributed by atoms with van der Waals surface area (Å²) in [5, 5.41) is 12.0. The fourth-order valence-corrected chi connectivity index (χ4v) is 3.80. The number of carbonyl (C=O) groups excluding carboxylic acids is 1. The Hall–Kier alpha value is -1.08. The van der Waals surface area contributed by atoms with Gasteiger partial charge < -0.3 is 10.4 Å². The van der Waals surface area contributed by atoms with Gasteiger partial charge in [0.2, 0.25) is 0 Å². The van der Waals surface area contributed by atoms with Gasteiger partial charge in [-0.1, -0.05) is 23.2 Å². The van der Waals surface area contributed by atoms with Gasteiger partial charge in [0.25, 0.3) is 5.91 Å². The van der Waals surface area contributed by atoms with Crippen LogP contribution in [0.5, 0.6) is 0 Å². The third kappa shape index (κ3) is 3.09. The average molecular weight is 336 g/mol. The van der Waals surface area contributed by atoms with Crippen molar-refractivity contribution in [3.05, 3.63) is 36.8 Å². The smallest absolute Gasteiger partial charge is 0.346 e. The molecule has 2 N–H and O–H groups in total. The molecule has 19 heavy (non-hydrogen) atoms. The number of carboxylic acid groups (broad SMARTS) is 1. The first-order valence-corrected chi connectivity index (χ1v) is 7.37. The lowest BCUT2D eigenvalue weighted by Crippen LogP contribution is -2.10. The van der Waals surface area contributed by atoms with Crippen LogP contribution in [-0.2, 0) is 0 Å². The van der Waals surface area contributed by atoms with Crippen LogP contribution < -0.4 is 5.32 Å². The Kier molecular flexibility index (Phi) is 4.15. The minimum Gasteiger partial charge on any atom is -0.477 e. The fourth-order valence-electron chi connectivity index (χ4n) is 1.43. The molecule has 0 aromatic carbocycles. The third-order valence-electron chi connectivity index (χ3n) is 2.25. The maximum atomic E-state index is 12.0. The number of hydrogen-bond acceptors (Lipinski definition) is 4. The summed E-state index contributed by atoms with van der Waals surface area (Å²) in [4.78, 5) is 23.1. The standard InChI is InChI=1S/C11H7Cl2NO3S2/c1-4-2-7(19-8(4)11(16)17)14-10(15)5-3-6(12)18-9(5)13/h2-3H,1H3,(H,14,15)(H,16,17). The molecule has 4 nitrogen and oxygen atoms in total. The first-order valence-electron chi connectivity index (χ1n) is 4.98. The minimum atomic E-state index is -1.01. The Balaban J connectivity index is 2.22. The highest BCUT2D eigenvalue weighted by Crippen LogP contribution is 2.33. The van der Waals surface area contributed by atoms with E-state index in [1.54, 1.807) is 13.0 Å². The van der Waals surface area contributed by atoms with Crippen molar-refractivity contribution in [3.63, 3.8) is 0 Å². The summed E-state index contributed by atoms with van der Waals surface area (Å²) in [6.07, 6.45) is 0. The van der Waals surface area contributed by atoms with Crippen molar-refractivity contribution in [2.45, 2.75) is 6.92 Å². The molecule has 0 fully saturated rings. The van der Waals surface area contributed by atoms with E-state index in [4.69, 9.17) is 28.3 Å². The molecule has 2 aromatic heterocycles. The third-order valence-corrected chi connectivity index (χ3v) is 4.88. The molecule has 2 heterocycles. The van der Waals surface area contributed by atoms with E-state index >= 15 is 0 Å². The zero-order valence-corrected chi connectivity index (χ0v) is 12.6. The van der Waals surface area contributed by atoms with E-state index in [-0.39, 0.29) is 10.4 Å². The predicted molar refractivity (Wildman–Crippen MR) is 78.3 cm³/mol. The van der Waals surface area contributed by atoms with E-state index in [1.807, 2.05) is 0 Å². The van der Waals surface area contributed by atoms with Crippen molar-refractivity contribution >= 4 is 62.8 Å². The molecule has 0 aliphatic carbocycles. The van der Waals surface area contributed by atoms with Crippen LogP contribution in [0.4, 0.5) is 5.00 Å². The molecule has 0 spiro atoms. The quantitative estimate of drug-likeness (QED) is 0.874. The van der Waals surface area contributed by atoms with Crippen LogP contribution in [0.1, 0.15) is 25.6 Å². The number of carboxylic acids is 1. The summed E-state index contributed by atoms with van der Waals surface area (Å²) >= 11 is 13.7. The van der Waals surface area contributed by atoms with Crippen molar-refractivity contribution in [2.24, 2.45) is 0 Å². The van der Waals surface area contributed by atoms with Crippen LogP contribution in [-0.4, -0.2) is 17.0 Å². The molecule has 1 amide bonds. The molecule has 2 rings (SSSR count). The zero-order chi connectivity index (χ0) is 14.2. The highest BCUT2D eigenvalue weighted by molar-refractivity contribution is 7.20. The number of nitrogens with one attached hydrogen (secondary N) is 1. The number of hydrogen-bond donors (Lipinski definition) is 2. The molecule has 0 bridgehead atoms. The van der Waals surface area contributed by atoms with Crippen LogP contribution in [0, 0.1) is 6.92 Å². The second-order valence-electron chi connectivity index (χ2n) is 3.62. The molecule has 8 heteroatoms. The molecule has 0 saturated carbocycles. The maximum Gasteiger partial charge on any atom is 0.346 e. The Morgan fingerprint density at radius 2 is 1.95 bits per heavy atom. The number of thiophene rings is 2. The largest absolute Gasteiger partial charge is 0.477 e. The Bertz CT molecular complexity index is 663. The van der Waals surface area contributed by atoms with Gasteiger partial charge >= 0.3 is 5.97 Å². The SMILES string of the molecule is Cc1cc(NC(=O)c2cc(Cl)sc2Cl)sc1C(=O)O. The normalized spacial score (nSPS) is 10.5. The topological polar surface area (TPSA) is 66.4 Å². The van der Waals surface area contributed by atoms with Crippen molar-refractivity contribution in [1.29, 1.82) is 0 Å². The van der Waals surface area contributed by atoms with Crippen LogP contribution in [0.25, 0.3) is 0 Å². The van der Waals surface area contributed by atoms with Crippen LogP contribution in [0.2, 0.25) is 8.67 Å². The minimum absolute atomic E-state index is 0.199. The number of aryl methyl sites for hydroxylation is 1. The Morgan fingerprint density at radius 3 is 2.42 bits per heavy atom. The predicted octanol–water partition coefficient (Wildman–Crippen LogP) is 4.38. The molecule has 0 aliphatic rings. The highest BCUT2D eigenvalue weighted by Gasteiger charge is 2.17. The summed E-state index contributed by atoms with van der Waals surface area (Å²) in [5.74, 6) is -1.43. The number of aromatic carboxylic acids is 1. The number of amides is 1. The van der Waals surface area contributed by atoms with Crippen LogP contribution in [0.15, 0.2) is 12.1 Å². The summed E-state index contributed by atoms with van der Waals surface area (Å²) in [6, 6.07) is 3.08. The number of anilines is 1. The van der Waals surface area contributed by atoms with Gasteiger partial charge in [-0.2, -0.15) is 0 Å². The van der Waals surface area contributed by atoms with E-state index in [1.165, 1.54) is 6.07 Å². The number of carbonyl (C=O) groups is 2. The molecule has 0 atom stereocenters. The first kappa shape index (κ1) is 14.3. The second kappa shape index (κ2) is 5.50. The van der Waals surface area contributed by atoms with E-state index in [0.29, 0.717) is 19.2 Å². The van der Waals surface area contributed by atoms with Gasteiger partial charge in [0.05, 0.1) is 14.9 Å². The zero-order valence-electron chi connectivity index (χ0n) is 9.49. The van der Waals surface area contributed by atoms with Gasteiger partial charge in [-0.25, -0.2) is 4.79 Å². The molecule has 0 radical (unpaired) electrons. The Morgan fingerprint density at radius 1 is 1.26 bits per heavy atom. The summed E-state index contributed by atoms with van der Waals surface area (Å²) < 4.78 is 0.720. The Labute approximate surface area is 126 Å². The maximum absolute atomic E-state index is 12.0. The molecule has 100 valence electrons. The van der Waals surface area contributed by atoms with Crippen molar-refractivity contribution < 1.29 is 14.7 Å². The molecule has 0 unspecified atom stereocenters. The van der Waals surface area contributed by atoms with E-state index in [0.717, 1.165) is 22.7 Å². The van der Waals surface area contributed by atoms with Gasteiger partial charge in [-0.05, 0) is 24.6 Å². The second-order valence-corrected chi connectivity index (χ2v) is 6.96. The van der Waals surface area contributed by atoms with Crippen molar-refractivity contribution in [3.8, 4) is 0 Å². The average Bonchev–Trinajstić information content (AvgIpc) is 2.81. The van der Waals surface area contributed by atoms with E-state index < -0.39 is 11.9 Å². The van der Waals surface area contributed by atoms with Crippen molar-refractivity contribution in [1.82, 2.24) is 0 Å². The number of halogens is 2. The summed E-state index contributed by atoms with van der Waals surface area (Å²) in [7, 11) is 0. The molecule has 0 saturated heterocycles. The van der Waals surface area contributed by atoms with Gasteiger partial charge in [0.1, 0.15) is 9.21 Å². The number of rotatable bonds is 3. The first-order chi connectivity index (χ1) is 8.88. The summed E-state index contributed by atoms with van der Waals surface area (Å²) in [5.41, 5.74) is 0.877. The van der Waals surface area contributed by atoms with Gasteiger partial charge in [0.15, 0.2) is 0 Å². The van der Waals surface area contributed by atoms with E-state index in [2.05, 4.69) is 5.32 Å². The van der Waals surface area contributed by atoms with Crippen molar-refractivity contribution in [2.75, 3.05) is 5.32 Å². The lowest BCUT2D eigenvalue weighted by molar-refractivity contribution is 0.0701. The highest BCUT2D eigenvalue weighted by atomic mass is 35.5. The van der Waals surface area contributed by atoms with Gasteiger partial charge in [-0.3, -0.25) is 4.79 Å². The van der Waals surface area contributed by atoms with Gasteiger partial charge in [-0.15, -0.1) is 22.7 Å². The molecule has 2 aromatic rings. The lowest BCUT2D eigenvalue weighted by atomic mass is 10.3. The van der Waals surface area contributed by atoms with Crippen LogP contribution >= 0.6 is 45.9 Å². The van der Waals surface area contributed by atoms with Gasteiger partial charge in [0, 0.05) is 0 Å². The molecular formula is C11H7Cl2NO3S2. The fraction of sp³-hybridized carbons (Fsp3) is 0.0909. The summed E-state index contributed by atoms with van der Waals surface area (Å²) in [6.45, 7) is 1.67. The molecular weight excluding hydrogens is 329 g/mol. The van der Waals surface area contributed by atoms with Crippen LogP contribution in [0.3, 0.4) is 0 Å². The lowest BCUT2D eigenvalue weighted by Gasteiger charge is -2.00. The molecule has 0 aliphatic heterocycles. The monoisotopic (exact) mass is 335 g/mol. The van der Waals surface area contributed by atoms with E-state index in [9.17, 15) is 9.59 Å².